The number of hydrogen-bond donors (Lipinski definition) is 0. The highest BCUT2D eigenvalue weighted by molar-refractivity contribution is 5.77. The van der Waals surface area contributed by atoms with Gasteiger partial charge in [-0.25, -0.2) is 0 Å². The van der Waals surface area contributed by atoms with Crippen LogP contribution in [0.4, 0.5) is 0 Å². The Bertz CT molecular complexity index is 441. The van der Waals surface area contributed by atoms with E-state index in [9.17, 15) is 4.79 Å². The quantitative estimate of drug-likeness (QED) is 0.441. The first-order valence-electron chi connectivity index (χ1n) is 8.00. The van der Waals surface area contributed by atoms with E-state index >= 15 is 0 Å². The van der Waals surface area contributed by atoms with Crippen LogP contribution in [-0.2, 0) is 9.53 Å². The summed E-state index contributed by atoms with van der Waals surface area (Å²) in [5.41, 5.74) is -0.181. The summed E-state index contributed by atoms with van der Waals surface area (Å²) in [6.07, 6.45) is 9.54. The highest BCUT2D eigenvalue weighted by atomic mass is 16.5. The van der Waals surface area contributed by atoms with Crippen LogP contribution >= 0.6 is 0 Å². The molecule has 7 atom stereocenters. The molecule has 4 aliphatic carbocycles. The van der Waals surface area contributed by atoms with Crippen molar-refractivity contribution >= 4 is 5.97 Å². The maximum Gasteiger partial charge on any atom is 0.312 e. The second kappa shape index (κ2) is 3.86. The smallest absolute Gasteiger partial charge is 0.312 e. The van der Waals surface area contributed by atoms with Gasteiger partial charge in [-0.1, -0.05) is 19.1 Å². The lowest BCUT2D eigenvalue weighted by Gasteiger charge is -2.41. The number of rotatable bonds is 3. The molecule has 0 aromatic heterocycles. The van der Waals surface area contributed by atoms with Gasteiger partial charge in [-0.15, -0.1) is 0 Å². The van der Waals surface area contributed by atoms with Crippen LogP contribution in [0.2, 0.25) is 0 Å². The van der Waals surface area contributed by atoms with Crippen molar-refractivity contribution in [1.82, 2.24) is 0 Å². The number of hydrogen-bond acceptors (Lipinski definition) is 2. The molecule has 0 amide bonds. The van der Waals surface area contributed by atoms with Crippen LogP contribution in [0, 0.1) is 40.9 Å². The van der Waals surface area contributed by atoms with Crippen LogP contribution in [-0.4, -0.2) is 12.6 Å². The third kappa shape index (κ3) is 1.41. The SMILES string of the molecule is CCCOC(=O)C1(C)CC2CC1C1C3C=CC(C3)C21. The first-order valence-corrected chi connectivity index (χ1v) is 8.00. The van der Waals surface area contributed by atoms with Crippen molar-refractivity contribution in [3.63, 3.8) is 0 Å². The molecule has 4 rings (SSSR count). The van der Waals surface area contributed by atoms with E-state index in [1.54, 1.807) is 0 Å². The maximum atomic E-state index is 12.5. The summed E-state index contributed by atoms with van der Waals surface area (Å²) in [7, 11) is 0. The molecule has 0 heterocycles. The molecule has 0 saturated heterocycles. The first-order chi connectivity index (χ1) is 9.15. The molecule has 0 aliphatic heterocycles. The molecular weight excluding hydrogens is 236 g/mol. The molecule has 7 unspecified atom stereocenters. The van der Waals surface area contributed by atoms with E-state index in [0.29, 0.717) is 12.5 Å². The molecule has 2 nitrogen and oxygen atoms in total. The minimum atomic E-state index is -0.181. The van der Waals surface area contributed by atoms with Gasteiger partial charge in [0.25, 0.3) is 0 Å². The summed E-state index contributed by atoms with van der Waals surface area (Å²) in [4.78, 5) is 12.5. The molecule has 0 spiro atoms. The Morgan fingerprint density at radius 1 is 1.26 bits per heavy atom. The molecule has 4 bridgehead atoms. The van der Waals surface area contributed by atoms with Crippen molar-refractivity contribution in [2.75, 3.05) is 6.61 Å². The van der Waals surface area contributed by atoms with Gasteiger partial charge in [-0.2, -0.15) is 0 Å². The first kappa shape index (κ1) is 12.0. The summed E-state index contributed by atoms with van der Waals surface area (Å²) >= 11 is 0. The van der Waals surface area contributed by atoms with E-state index in [-0.39, 0.29) is 11.4 Å². The lowest BCUT2D eigenvalue weighted by Crippen LogP contribution is -2.43. The third-order valence-corrected chi connectivity index (χ3v) is 6.56. The summed E-state index contributed by atoms with van der Waals surface area (Å²) < 4.78 is 5.50. The van der Waals surface area contributed by atoms with Crippen molar-refractivity contribution in [2.45, 2.75) is 39.5 Å². The molecule has 3 saturated carbocycles. The number of esters is 1. The third-order valence-electron chi connectivity index (χ3n) is 6.56. The Morgan fingerprint density at radius 3 is 2.74 bits per heavy atom. The minimum Gasteiger partial charge on any atom is -0.465 e. The van der Waals surface area contributed by atoms with Crippen molar-refractivity contribution in [3.8, 4) is 0 Å². The fourth-order valence-corrected chi connectivity index (χ4v) is 5.96. The van der Waals surface area contributed by atoms with E-state index in [2.05, 4.69) is 26.0 Å². The highest BCUT2D eigenvalue weighted by Crippen LogP contribution is 2.70. The molecule has 0 N–H and O–H groups in total. The summed E-state index contributed by atoms with van der Waals surface area (Å²) in [6, 6.07) is 0. The van der Waals surface area contributed by atoms with Crippen LogP contribution in [0.5, 0.6) is 0 Å². The topological polar surface area (TPSA) is 26.3 Å². The molecule has 0 aromatic rings. The summed E-state index contributed by atoms with van der Waals surface area (Å²) in [5.74, 6) is 4.75. The van der Waals surface area contributed by atoms with Gasteiger partial charge >= 0.3 is 5.97 Å². The predicted molar refractivity (Wildman–Crippen MR) is 73.3 cm³/mol. The van der Waals surface area contributed by atoms with Gasteiger partial charge in [0.15, 0.2) is 0 Å². The van der Waals surface area contributed by atoms with Gasteiger partial charge in [-0.05, 0) is 68.1 Å². The fraction of sp³-hybridized carbons (Fsp3) is 0.824. The molecular formula is C17H24O2. The largest absolute Gasteiger partial charge is 0.465 e. The lowest BCUT2D eigenvalue weighted by atomic mass is 9.63. The zero-order valence-corrected chi connectivity index (χ0v) is 12.0. The Balaban J connectivity index is 1.58. The summed E-state index contributed by atoms with van der Waals surface area (Å²) in [6.45, 7) is 4.83. The van der Waals surface area contributed by atoms with Crippen LogP contribution in [0.15, 0.2) is 12.2 Å². The normalized spacial score (nSPS) is 52.7. The van der Waals surface area contributed by atoms with Crippen molar-refractivity contribution in [1.29, 1.82) is 0 Å². The number of fused-ring (bicyclic) bond motifs is 9. The monoisotopic (exact) mass is 260 g/mol. The Labute approximate surface area is 115 Å². The van der Waals surface area contributed by atoms with E-state index in [1.807, 2.05) is 0 Å². The Hall–Kier alpha value is -0.790. The standard InChI is InChI=1S/C17H24O2/c1-3-6-19-16(18)17(2)9-12-8-13(17)15-11-5-4-10(7-11)14(12)15/h4-5,10-15H,3,6-9H2,1-2H3. The molecule has 4 aliphatic rings. The molecule has 0 aromatic carbocycles. The van der Waals surface area contributed by atoms with Crippen LogP contribution in [0.25, 0.3) is 0 Å². The Kier molecular flexibility index (Phi) is 2.44. The van der Waals surface area contributed by atoms with Crippen LogP contribution < -0.4 is 0 Å². The van der Waals surface area contributed by atoms with Gasteiger partial charge in [0.05, 0.1) is 12.0 Å². The van der Waals surface area contributed by atoms with Crippen LogP contribution in [0.3, 0.4) is 0 Å². The second-order valence-corrected chi connectivity index (χ2v) is 7.46. The van der Waals surface area contributed by atoms with Gasteiger partial charge in [0.2, 0.25) is 0 Å². The number of ether oxygens (including phenoxy) is 1. The average Bonchev–Trinajstić information content (AvgIpc) is 3.12. The van der Waals surface area contributed by atoms with E-state index in [0.717, 1.165) is 42.4 Å². The molecule has 19 heavy (non-hydrogen) atoms. The van der Waals surface area contributed by atoms with Crippen molar-refractivity contribution in [2.24, 2.45) is 40.9 Å². The zero-order valence-electron chi connectivity index (χ0n) is 12.0. The fourth-order valence-electron chi connectivity index (χ4n) is 5.96. The van der Waals surface area contributed by atoms with Gasteiger partial charge in [0.1, 0.15) is 0 Å². The molecule has 0 radical (unpaired) electrons. The highest BCUT2D eigenvalue weighted by Gasteiger charge is 2.66. The maximum absolute atomic E-state index is 12.5. The summed E-state index contributed by atoms with van der Waals surface area (Å²) in [5, 5.41) is 0. The van der Waals surface area contributed by atoms with E-state index < -0.39 is 0 Å². The average molecular weight is 260 g/mol. The van der Waals surface area contributed by atoms with Crippen molar-refractivity contribution in [3.05, 3.63) is 12.2 Å². The number of allylic oxidation sites excluding steroid dienone is 2. The Morgan fingerprint density at radius 2 is 2.00 bits per heavy atom. The number of carbonyl (C=O) groups excluding carboxylic acids is 1. The van der Waals surface area contributed by atoms with Crippen molar-refractivity contribution < 1.29 is 9.53 Å². The predicted octanol–water partition coefficient (Wildman–Crippen LogP) is 3.42. The van der Waals surface area contributed by atoms with E-state index in [1.165, 1.54) is 12.8 Å². The van der Waals surface area contributed by atoms with E-state index in [4.69, 9.17) is 4.74 Å². The number of carbonyl (C=O) groups is 1. The molecule has 104 valence electrons. The molecule has 3 fully saturated rings. The van der Waals surface area contributed by atoms with Gasteiger partial charge in [-0.3, -0.25) is 4.79 Å². The van der Waals surface area contributed by atoms with Gasteiger partial charge in [0, 0.05) is 0 Å². The zero-order chi connectivity index (χ0) is 13.2. The van der Waals surface area contributed by atoms with Gasteiger partial charge < -0.3 is 4.74 Å². The van der Waals surface area contributed by atoms with Crippen LogP contribution in [0.1, 0.15) is 39.5 Å². The minimum absolute atomic E-state index is 0.0899. The molecule has 2 heteroatoms. The lowest BCUT2D eigenvalue weighted by molar-refractivity contribution is -0.160. The second-order valence-electron chi connectivity index (χ2n) is 7.46.